The minimum Gasteiger partial charge on any atom is -0.381 e. The molecule has 3 rings (SSSR count). The first-order chi connectivity index (χ1) is 11.9. The van der Waals surface area contributed by atoms with Crippen LogP contribution in [0.25, 0.3) is 22.2 Å². The number of anilines is 1. The average molecular weight is 356 g/mol. The highest BCUT2D eigenvalue weighted by molar-refractivity contribution is 6.33. The second-order valence-corrected chi connectivity index (χ2v) is 6.41. The predicted octanol–water partition coefficient (Wildman–Crippen LogP) is 3.04. The molecule has 6 nitrogen and oxygen atoms in total. The fraction of sp³-hybridized carbons (Fsp3) is 0.278. The number of hydrogen-bond acceptors (Lipinski definition) is 5. The highest BCUT2D eigenvalue weighted by Gasteiger charge is 2.17. The molecule has 0 amide bonds. The standard InChI is InChI=1S/C18H18ClN5O/c1-10(2)24-9-14(17-15(19)7-22-18(20)23-17)13-6-12(5-4-11(3)25)21-8-16(13)24/h6-11,25H,1-3H3,(H2,20,22,23). The van der Waals surface area contributed by atoms with Gasteiger partial charge in [-0.2, -0.15) is 0 Å². The average Bonchev–Trinajstić information content (AvgIpc) is 2.94. The van der Waals surface area contributed by atoms with Gasteiger partial charge in [-0.3, -0.25) is 0 Å². The lowest BCUT2D eigenvalue weighted by molar-refractivity contribution is 0.253. The van der Waals surface area contributed by atoms with Crippen molar-refractivity contribution < 1.29 is 5.11 Å². The van der Waals surface area contributed by atoms with Gasteiger partial charge in [0.2, 0.25) is 5.95 Å². The molecular formula is C18H18ClN5O. The molecule has 0 radical (unpaired) electrons. The molecule has 3 aromatic rings. The molecule has 0 fully saturated rings. The number of fused-ring (bicyclic) bond motifs is 1. The van der Waals surface area contributed by atoms with Gasteiger partial charge in [-0.1, -0.05) is 17.5 Å². The van der Waals surface area contributed by atoms with Crippen molar-refractivity contribution in [2.75, 3.05) is 5.73 Å². The largest absolute Gasteiger partial charge is 0.381 e. The lowest BCUT2D eigenvalue weighted by Gasteiger charge is -2.08. The maximum atomic E-state index is 9.35. The van der Waals surface area contributed by atoms with Crippen LogP contribution in [0, 0.1) is 11.8 Å². The normalized spacial score (nSPS) is 12.2. The van der Waals surface area contributed by atoms with Crippen molar-refractivity contribution in [3.63, 3.8) is 0 Å². The Morgan fingerprint density at radius 2 is 2.00 bits per heavy atom. The molecule has 0 aliphatic carbocycles. The van der Waals surface area contributed by atoms with Gasteiger partial charge in [0.05, 0.1) is 28.6 Å². The van der Waals surface area contributed by atoms with Crippen LogP contribution in [0.15, 0.2) is 24.7 Å². The van der Waals surface area contributed by atoms with Crippen LogP contribution in [0.4, 0.5) is 5.95 Å². The van der Waals surface area contributed by atoms with E-state index in [-0.39, 0.29) is 12.0 Å². The molecule has 25 heavy (non-hydrogen) atoms. The van der Waals surface area contributed by atoms with E-state index in [1.807, 2.05) is 12.3 Å². The van der Waals surface area contributed by atoms with Crippen molar-refractivity contribution in [1.29, 1.82) is 0 Å². The van der Waals surface area contributed by atoms with Gasteiger partial charge in [0.25, 0.3) is 0 Å². The molecule has 0 bridgehead atoms. The van der Waals surface area contributed by atoms with Crippen molar-refractivity contribution in [2.45, 2.75) is 32.9 Å². The van der Waals surface area contributed by atoms with E-state index >= 15 is 0 Å². The van der Waals surface area contributed by atoms with Crippen molar-refractivity contribution in [3.8, 4) is 23.1 Å². The van der Waals surface area contributed by atoms with Gasteiger partial charge in [-0.15, -0.1) is 0 Å². The number of nitrogens with zero attached hydrogens (tertiary/aromatic N) is 4. The van der Waals surface area contributed by atoms with Crippen LogP contribution >= 0.6 is 11.6 Å². The van der Waals surface area contributed by atoms with Crippen molar-refractivity contribution >= 4 is 28.5 Å². The number of pyridine rings is 1. The van der Waals surface area contributed by atoms with Gasteiger partial charge in [0, 0.05) is 23.2 Å². The zero-order valence-electron chi connectivity index (χ0n) is 14.2. The lowest BCUT2D eigenvalue weighted by Crippen LogP contribution is -1.99. The van der Waals surface area contributed by atoms with E-state index in [0.29, 0.717) is 16.4 Å². The summed E-state index contributed by atoms with van der Waals surface area (Å²) in [5.41, 5.74) is 8.65. The molecule has 3 N–H and O–H groups in total. The minimum absolute atomic E-state index is 0.160. The third-order valence-electron chi connectivity index (χ3n) is 3.70. The summed E-state index contributed by atoms with van der Waals surface area (Å²) in [6, 6.07) is 2.10. The van der Waals surface area contributed by atoms with Gasteiger partial charge < -0.3 is 15.4 Å². The van der Waals surface area contributed by atoms with E-state index in [1.165, 1.54) is 6.20 Å². The Balaban J connectivity index is 2.28. The molecule has 128 valence electrons. The Hall–Kier alpha value is -2.62. The van der Waals surface area contributed by atoms with Crippen LogP contribution in [0.5, 0.6) is 0 Å². The molecule has 7 heteroatoms. The molecule has 3 aromatic heterocycles. The van der Waals surface area contributed by atoms with Gasteiger partial charge in [-0.25, -0.2) is 15.0 Å². The second-order valence-electron chi connectivity index (χ2n) is 6.00. The summed E-state index contributed by atoms with van der Waals surface area (Å²) in [5, 5.41) is 10.7. The predicted molar refractivity (Wildman–Crippen MR) is 99.1 cm³/mol. The van der Waals surface area contributed by atoms with E-state index in [4.69, 9.17) is 17.3 Å². The molecule has 3 heterocycles. The Kier molecular flexibility index (Phi) is 4.62. The molecule has 1 atom stereocenters. The fourth-order valence-electron chi connectivity index (χ4n) is 2.58. The number of halogens is 1. The van der Waals surface area contributed by atoms with E-state index in [0.717, 1.165) is 16.5 Å². The van der Waals surface area contributed by atoms with E-state index in [2.05, 4.69) is 45.2 Å². The topological polar surface area (TPSA) is 89.9 Å². The smallest absolute Gasteiger partial charge is 0.220 e. The first-order valence-corrected chi connectivity index (χ1v) is 8.23. The molecule has 0 saturated carbocycles. The van der Waals surface area contributed by atoms with Gasteiger partial charge in [0.15, 0.2) is 0 Å². The highest BCUT2D eigenvalue weighted by atomic mass is 35.5. The number of aliphatic hydroxyl groups is 1. The SMILES string of the molecule is CC(O)C#Cc1cc2c(-c3nc(N)ncc3Cl)cn(C(C)C)c2cn1. The van der Waals surface area contributed by atoms with Crippen LogP contribution in [-0.4, -0.2) is 30.7 Å². The fourth-order valence-corrected chi connectivity index (χ4v) is 2.77. The van der Waals surface area contributed by atoms with Crippen LogP contribution in [0.2, 0.25) is 5.02 Å². The Labute approximate surface area is 150 Å². The Morgan fingerprint density at radius 3 is 2.68 bits per heavy atom. The molecule has 0 saturated heterocycles. The Bertz CT molecular complexity index is 998. The summed E-state index contributed by atoms with van der Waals surface area (Å²) in [6.45, 7) is 5.77. The number of aliphatic hydroxyl groups excluding tert-OH is 1. The van der Waals surface area contributed by atoms with Crippen LogP contribution in [0.3, 0.4) is 0 Å². The first kappa shape index (κ1) is 17.2. The number of hydrogen-bond donors (Lipinski definition) is 2. The summed E-state index contributed by atoms with van der Waals surface area (Å²) in [5.74, 6) is 5.73. The number of aromatic nitrogens is 4. The van der Waals surface area contributed by atoms with Gasteiger partial charge >= 0.3 is 0 Å². The Morgan fingerprint density at radius 1 is 1.24 bits per heavy atom. The van der Waals surface area contributed by atoms with Gasteiger partial charge in [-0.05, 0) is 32.8 Å². The van der Waals surface area contributed by atoms with E-state index in [1.54, 1.807) is 13.1 Å². The molecule has 0 aliphatic rings. The molecule has 1 unspecified atom stereocenters. The lowest BCUT2D eigenvalue weighted by atomic mass is 10.1. The summed E-state index contributed by atoms with van der Waals surface area (Å²) >= 11 is 6.30. The van der Waals surface area contributed by atoms with Gasteiger partial charge in [0.1, 0.15) is 11.8 Å². The second kappa shape index (κ2) is 6.71. The highest BCUT2D eigenvalue weighted by Crippen LogP contribution is 2.35. The third kappa shape index (κ3) is 3.43. The van der Waals surface area contributed by atoms with Crippen LogP contribution < -0.4 is 5.73 Å². The molecule has 0 aliphatic heterocycles. The minimum atomic E-state index is -0.715. The summed E-state index contributed by atoms with van der Waals surface area (Å²) in [4.78, 5) is 12.6. The molecule has 0 aromatic carbocycles. The zero-order valence-corrected chi connectivity index (χ0v) is 14.9. The zero-order chi connectivity index (χ0) is 18.1. The molecular weight excluding hydrogens is 338 g/mol. The van der Waals surface area contributed by atoms with Crippen LogP contribution in [0.1, 0.15) is 32.5 Å². The van der Waals surface area contributed by atoms with Crippen molar-refractivity contribution in [1.82, 2.24) is 19.5 Å². The summed E-state index contributed by atoms with van der Waals surface area (Å²) < 4.78 is 2.10. The maximum absolute atomic E-state index is 9.35. The first-order valence-electron chi connectivity index (χ1n) is 7.85. The number of rotatable bonds is 2. The molecule has 0 spiro atoms. The monoisotopic (exact) mass is 355 g/mol. The summed E-state index contributed by atoms with van der Waals surface area (Å²) in [6.07, 6.45) is 4.53. The number of nitrogen functional groups attached to an aromatic ring is 1. The van der Waals surface area contributed by atoms with Crippen molar-refractivity contribution in [3.05, 3.63) is 35.4 Å². The maximum Gasteiger partial charge on any atom is 0.220 e. The summed E-state index contributed by atoms with van der Waals surface area (Å²) in [7, 11) is 0. The third-order valence-corrected chi connectivity index (χ3v) is 3.98. The van der Waals surface area contributed by atoms with E-state index < -0.39 is 6.10 Å². The quantitative estimate of drug-likeness (QED) is 0.689. The van der Waals surface area contributed by atoms with Crippen molar-refractivity contribution in [2.24, 2.45) is 0 Å². The van der Waals surface area contributed by atoms with E-state index in [9.17, 15) is 5.11 Å². The van der Waals surface area contributed by atoms with Crippen LogP contribution in [-0.2, 0) is 0 Å². The number of nitrogens with two attached hydrogens (primary N) is 1.